The summed E-state index contributed by atoms with van der Waals surface area (Å²) in [6.07, 6.45) is 60.4. The Morgan fingerprint density at radius 1 is 0.350 bits per heavy atom. The van der Waals surface area contributed by atoms with Crippen LogP contribution in [0.2, 0.25) is 0 Å². The number of esters is 3. The minimum atomic E-state index is -0.799. The van der Waals surface area contributed by atoms with Crippen molar-refractivity contribution in [1.29, 1.82) is 0 Å². The van der Waals surface area contributed by atoms with Crippen LogP contribution in [-0.2, 0) is 28.6 Å². The third-order valence-electron chi connectivity index (χ3n) is 10.4. The van der Waals surface area contributed by atoms with Crippen LogP contribution < -0.4 is 0 Å². The monoisotopic (exact) mass is 837 g/mol. The van der Waals surface area contributed by atoms with Gasteiger partial charge in [-0.05, 0) is 83.5 Å². The van der Waals surface area contributed by atoms with Crippen molar-refractivity contribution in [3.8, 4) is 0 Å². The quantitative estimate of drug-likeness (QED) is 0.0263. The molecule has 0 saturated carbocycles. The van der Waals surface area contributed by atoms with Crippen LogP contribution in [0.5, 0.6) is 0 Å². The third kappa shape index (κ3) is 45.9. The van der Waals surface area contributed by atoms with Gasteiger partial charge in [0, 0.05) is 19.3 Å². The average molecular weight is 837 g/mol. The number of unbranched alkanes of at least 4 members (excludes halogenated alkanes) is 21. The average Bonchev–Trinajstić information content (AvgIpc) is 3.24. The van der Waals surface area contributed by atoms with Gasteiger partial charge in [0.1, 0.15) is 13.2 Å². The van der Waals surface area contributed by atoms with Crippen LogP contribution in [0.3, 0.4) is 0 Å². The molecule has 0 aliphatic carbocycles. The number of rotatable bonds is 44. The van der Waals surface area contributed by atoms with E-state index in [-0.39, 0.29) is 37.5 Å². The van der Waals surface area contributed by atoms with E-state index in [1.165, 1.54) is 96.3 Å². The summed E-state index contributed by atoms with van der Waals surface area (Å²) in [5.74, 6) is -0.968. The number of hydrogen-bond acceptors (Lipinski definition) is 6. The van der Waals surface area contributed by atoms with Crippen molar-refractivity contribution in [2.75, 3.05) is 13.2 Å². The fourth-order valence-corrected chi connectivity index (χ4v) is 6.71. The second-order valence-corrected chi connectivity index (χ2v) is 16.3. The van der Waals surface area contributed by atoms with Gasteiger partial charge in [-0.1, -0.05) is 203 Å². The molecule has 6 nitrogen and oxygen atoms in total. The molecule has 344 valence electrons. The lowest BCUT2D eigenvalue weighted by atomic mass is 10.1. The number of hydrogen-bond donors (Lipinski definition) is 0. The Bertz CT molecular complexity index is 1140. The van der Waals surface area contributed by atoms with Gasteiger partial charge in [-0.2, -0.15) is 0 Å². The highest BCUT2D eigenvalue weighted by molar-refractivity contribution is 5.71. The standard InChI is InChI=1S/C54H92O6/c1-4-7-10-13-16-19-21-23-25-27-29-30-32-35-38-41-44-47-53(56)59-50-51(49-58-52(55)46-43-40-37-34-18-15-12-9-6-3)60-54(57)48-45-42-39-36-33-31-28-26-24-22-20-17-14-11-8-5-2/h7,10,16,19,23,25-26,28-30,35,38,51H,4-6,8-9,11-15,17-18,20-22,24,27,31-34,36-37,39-50H2,1-3H3/b10-7-,19-16-,25-23-,28-26-,30-29-,38-35-. The van der Waals surface area contributed by atoms with Crippen molar-refractivity contribution < 1.29 is 28.6 Å². The summed E-state index contributed by atoms with van der Waals surface area (Å²) in [5, 5.41) is 0. The maximum absolute atomic E-state index is 12.8. The van der Waals surface area contributed by atoms with Gasteiger partial charge in [0.15, 0.2) is 6.10 Å². The molecule has 0 saturated heterocycles. The Morgan fingerprint density at radius 2 is 0.667 bits per heavy atom. The molecule has 0 aromatic carbocycles. The van der Waals surface area contributed by atoms with E-state index in [1.54, 1.807) is 0 Å². The molecule has 0 bridgehead atoms. The topological polar surface area (TPSA) is 78.9 Å². The predicted molar refractivity (Wildman–Crippen MR) is 256 cm³/mol. The fourth-order valence-electron chi connectivity index (χ4n) is 6.71. The largest absolute Gasteiger partial charge is 0.462 e. The second kappa shape index (κ2) is 48.5. The van der Waals surface area contributed by atoms with E-state index in [4.69, 9.17) is 14.2 Å². The van der Waals surface area contributed by atoms with Gasteiger partial charge in [0.05, 0.1) is 0 Å². The van der Waals surface area contributed by atoms with Crippen LogP contribution in [0, 0.1) is 0 Å². The summed E-state index contributed by atoms with van der Waals surface area (Å²) in [7, 11) is 0. The molecule has 0 radical (unpaired) electrons. The first-order valence-electron chi connectivity index (χ1n) is 24.9. The molecule has 1 atom stereocenters. The van der Waals surface area contributed by atoms with Crippen molar-refractivity contribution >= 4 is 17.9 Å². The Labute approximate surface area is 370 Å². The predicted octanol–water partition coefficient (Wildman–Crippen LogP) is 16.3. The molecule has 0 heterocycles. The van der Waals surface area contributed by atoms with E-state index in [1.807, 2.05) is 0 Å². The van der Waals surface area contributed by atoms with E-state index >= 15 is 0 Å². The summed E-state index contributed by atoms with van der Waals surface area (Å²) in [6.45, 7) is 6.44. The number of allylic oxidation sites excluding steroid dienone is 12. The molecule has 0 amide bonds. The van der Waals surface area contributed by atoms with Crippen LogP contribution in [0.4, 0.5) is 0 Å². The molecule has 0 spiro atoms. The van der Waals surface area contributed by atoms with E-state index in [9.17, 15) is 14.4 Å². The smallest absolute Gasteiger partial charge is 0.306 e. The number of carbonyl (C=O) groups is 3. The first-order chi connectivity index (χ1) is 29.5. The minimum Gasteiger partial charge on any atom is -0.462 e. The van der Waals surface area contributed by atoms with Gasteiger partial charge in [-0.3, -0.25) is 14.4 Å². The summed E-state index contributed by atoms with van der Waals surface area (Å²) in [5.41, 5.74) is 0. The second-order valence-electron chi connectivity index (χ2n) is 16.3. The van der Waals surface area contributed by atoms with Gasteiger partial charge in [-0.25, -0.2) is 0 Å². The van der Waals surface area contributed by atoms with E-state index < -0.39 is 6.10 Å². The first-order valence-corrected chi connectivity index (χ1v) is 24.9. The lowest BCUT2D eigenvalue weighted by molar-refractivity contribution is -0.167. The Kier molecular flexibility index (Phi) is 46.0. The fraction of sp³-hybridized carbons (Fsp3) is 0.722. The van der Waals surface area contributed by atoms with Crippen LogP contribution in [-0.4, -0.2) is 37.2 Å². The molecule has 0 fully saturated rings. The Hall–Kier alpha value is -3.15. The number of carbonyl (C=O) groups excluding carboxylic acids is 3. The SMILES string of the molecule is CC/C=C\C/C=C\C/C=C\C/C=C\C/C=C\CCCC(=O)OCC(COC(=O)CCCCCCCCCCC)OC(=O)CCCCCCC/C=C\CCCCCCCCC. The molecule has 0 N–H and O–H groups in total. The number of ether oxygens (including phenoxy) is 3. The van der Waals surface area contributed by atoms with Crippen molar-refractivity contribution in [3.05, 3.63) is 72.9 Å². The van der Waals surface area contributed by atoms with E-state index in [0.29, 0.717) is 19.3 Å². The zero-order valence-corrected chi connectivity index (χ0v) is 39.2. The van der Waals surface area contributed by atoms with Crippen LogP contribution >= 0.6 is 0 Å². The molecule has 0 rings (SSSR count). The third-order valence-corrected chi connectivity index (χ3v) is 10.4. The van der Waals surface area contributed by atoms with Gasteiger partial charge >= 0.3 is 17.9 Å². The van der Waals surface area contributed by atoms with E-state index in [2.05, 4.69) is 93.7 Å². The highest BCUT2D eigenvalue weighted by atomic mass is 16.6. The molecular formula is C54H92O6. The lowest BCUT2D eigenvalue weighted by Crippen LogP contribution is -2.30. The zero-order chi connectivity index (χ0) is 43.7. The minimum absolute atomic E-state index is 0.0954. The van der Waals surface area contributed by atoms with Gasteiger partial charge in [0.2, 0.25) is 0 Å². The lowest BCUT2D eigenvalue weighted by Gasteiger charge is -2.18. The molecule has 0 aliphatic rings. The normalized spacial score (nSPS) is 12.7. The molecule has 60 heavy (non-hydrogen) atoms. The summed E-state index contributed by atoms with van der Waals surface area (Å²) in [6, 6.07) is 0. The Balaban J connectivity index is 4.44. The summed E-state index contributed by atoms with van der Waals surface area (Å²) >= 11 is 0. The summed E-state index contributed by atoms with van der Waals surface area (Å²) in [4.78, 5) is 37.8. The molecular weight excluding hydrogens is 745 g/mol. The highest BCUT2D eigenvalue weighted by Gasteiger charge is 2.19. The van der Waals surface area contributed by atoms with Crippen molar-refractivity contribution in [3.63, 3.8) is 0 Å². The van der Waals surface area contributed by atoms with Gasteiger partial charge < -0.3 is 14.2 Å². The molecule has 0 aromatic rings. The van der Waals surface area contributed by atoms with Gasteiger partial charge in [0.25, 0.3) is 0 Å². The van der Waals surface area contributed by atoms with Crippen LogP contribution in [0.1, 0.15) is 233 Å². The summed E-state index contributed by atoms with van der Waals surface area (Å²) < 4.78 is 16.7. The molecule has 6 heteroatoms. The first kappa shape index (κ1) is 56.9. The zero-order valence-electron chi connectivity index (χ0n) is 39.2. The highest BCUT2D eigenvalue weighted by Crippen LogP contribution is 2.14. The van der Waals surface area contributed by atoms with Crippen molar-refractivity contribution in [2.24, 2.45) is 0 Å². The van der Waals surface area contributed by atoms with Crippen LogP contribution in [0.25, 0.3) is 0 Å². The molecule has 0 aliphatic heterocycles. The van der Waals surface area contributed by atoms with E-state index in [0.717, 1.165) is 89.9 Å². The maximum Gasteiger partial charge on any atom is 0.306 e. The van der Waals surface area contributed by atoms with Crippen molar-refractivity contribution in [2.45, 2.75) is 239 Å². The molecule has 0 aromatic heterocycles. The molecule has 1 unspecified atom stereocenters. The Morgan fingerprint density at radius 3 is 1.10 bits per heavy atom. The van der Waals surface area contributed by atoms with Gasteiger partial charge in [-0.15, -0.1) is 0 Å². The maximum atomic E-state index is 12.8. The van der Waals surface area contributed by atoms with Crippen LogP contribution in [0.15, 0.2) is 72.9 Å². The van der Waals surface area contributed by atoms with Crippen molar-refractivity contribution in [1.82, 2.24) is 0 Å².